The molecule has 2 heterocycles. The molecule has 2 atom stereocenters. The molecule has 28 heavy (non-hydrogen) atoms. The molecule has 2 aromatic carbocycles. The lowest BCUT2D eigenvalue weighted by molar-refractivity contribution is -0.124. The lowest BCUT2D eigenvalue weighted by Gasteiger charge is -2.26. The van der Waals surface area contributed by atoms with E-state index in [0.29, 0.717) is 0 Å². The summed E-state index contributed by atoms with van der Waals surface area (Å²) in [5.74, 6) is -0.116. The molecular weight excluding hydrogens is 352 g/mol. The number of hydrogen-bond donors (Lipinski definition) is 2. The van der Waals surface area contributed by atoms with Gasteiger partial charge in [-0.1, -0.05) is 48.5 Å². The van der Waals surface area contributed by atoms with Crippen LogP contribution in [0.15, 0.2) is 60.9 Å². The quantitative estimate of drug-likeness (QED) is 0.576. The fraction of sp³-hybridized carbons (Fsp3) is 0.238. The standard InChI is InChI=1S/C21H20N6O/c28-21(20(27-13-22-25-26-27)14-7-2-1-3-8-14)24-18-12-6-10-16-15-9-4-5-11-17(15)23-19(16)18/h1-5,7-9,11,13,18,20,23H,6,10,12H2,(H,24,28)/t18?,20-/m1/s1. The summed E-state index contributed by atoms with van der Waals surface area (Å²) in [5, 5.41) is 15.9. The average Bonchev–Trinajstić information content (AvgIpc) is 3.38. The predicted molar refractivity (Wildman–Crippen MR) is 105 cm³/mol. The minimum absolute atomic E-state index is 0.0497. The third-order valence-corrected chi connectivity index (χ3v) is 5.42. The van der Waals surface area contributed by atoms with E-state index in [1.54, 1.807) is 0 Å². The van der Waals surface area contributed by atoms with Gasteiger partial charge in [0.25, 0.3) is 0 Å². The molecule has 1 aliphatic carbocycles. The highest BCUT2D eigenvalue weighted by Crippen LogP contribution is 2.35. The molecule has 2 aromatic heterocycles. The Morgan fingerprint density at radius 3 is 2.79 bits per heavy atom. The summed E-state index contributed by atoms with van der Waals surface area (Å²) in [5.41, 5.74) is 4.39. The molecule has 4 aromatic rings. The van der Waals surface area contributed by atoms with Gasteiger partial charge >= 0.3 is 0 Å². The smallest absolute Gasteiger partial charge is 0.250 e. The van der Waals surface area contributed by atoms with E-state index in [4.69, 9.17) is 0 Å². The van der Waals surface area contributed by atoms with Crippen LogP contribution in [0.1, 0.15) is 41.7 Å². The SMILES string of the molecule is O=C(NC1CCCc2c1[nH]c1ccccc21)[C@@H](c1ccccc1)n1cnnn1. The van der Waals surface area contributed by atoms with Gasteiger partial charge in [-0.05, 0) is 46.9 Å². The molecule has 2 N–H and O–H groups in total. The first-order chi connectivity index (χ1) is 13.8. The van der Waals surface area contributed by atoms with E-state index in [1.165, 1.54) is 22.0 Å². The van der Waals surface area contributed by atoms with Crippen LogP contribution < -0.4 is 5.32 Å². The Morgan fingerprint density at radius 1 is 1.14 bits per heavy atom. The second-order valence-corrected chi connectivity index (χ2v) is 7.12. The second kappa shape index (κ2) is 6.92. The maximum Gasteiger partial charge on any atom is 0.250 e. The number of para-hydroxylation sites is 1. The van der Waals surface area contributed by atoms with Gasteiger partial charge in [-0.2, -0.15) is 0 Å². The number of carbonyl (C=O) groups is 1. The largest absolute Gasteiger partial charge is 0.356 e. The van der Waals surface area contributed by atoms with Crippen molar-refractivity contribution in [3.8, 4) is 0 Å². The predicted octanol–water partition coefficient (Wildman–Crippen LogP) is 2.94. The third kappa shape index (κ3) is 2.85. The van der Waals surface area contributed by atoms with Crippen molar-refractivity contribution in [1.29, 1.82) is 0 Å². The number of aryl methyl sites for hydroxylation is 1. The maximum atomic E-state index is 13.3. The lowest BCUT2D eigenvalue weighted by atomic mass is 9.91. The summed E-state index contributed by atoms with van der Waals surface area (Å²) in [6, 6.07) is 17.2. The van der Waals surface area contributed by atoms with E-state index < -0.39 is 6.04 Å². The Balaban J connectivity index is 1.48. The van der Waals surface area contributed by atoms with E-state index >= 15 is 0 Å². The lowest BCUT2D eigenvalue weighted by Crippen LogP contribution is -2.37. The summed E-state index contributed by atoms with van der Waals surface area (Å²) in [7, 11) is 0. The summed E-state index contributed by atoms with van der Waals surface area (Å²) < 4.78 is 1.50. The molecule has 0 radical (unpaired) electrons. The molecule has 0 bridgehead atoms. The zero-order valence-corrected chi connectivity index (χ0v) is 15.2. The molecular formula is C21H20N6O. The molecule has 140 valence electrons. The summed E-state index contributed by atoms with van der Waals surface area (Å²) in [4.78, 5) is 16.8. The van der Waals surface area contributed by atoms with Crippen LogP contribution >= 0.6 is 0 Å². The zero-order chi connectivity index (χ0) is 18.9. The van der Waals surface area contributed by atoms with Gasteiger partial charge in [0.15, 0.2) is 6.04 Å². The molecule has 0 saturated heterocycles. The van der Waals surface area contributed by atoms with E-state index in [1.807, 2.05) is 36.4 Å². The fourth-order valence-corrected chi connectivity index (χ4v) is 4.16. The highest BCUT2D eigenvalue weighted by atomic mass is 16.2. The summed E-state index contributed by atoms with van der Waals surface area (Å²) >= 11 is 0. The Kier molecular flexibility index (Phi) is 4.12. The van der Waals surface area contributed by atoms with E-state index in [2.05, 4.69) is 44.0 Å². The van der Waals surface area contributed by atoms with Crippen LogP contribution in [0.3, 0.4) is 0 Å². The minimum atomic E-state index is -0.606. The number of aromatic nitrogens is 5. The van der Waals surface area contributed by atoms with E-state index in [-0.39, 0.29) is 11.9 Å². The van der Waals surface area contributed by atoms with Gasteiger partial charge in [-0.25, -0.2) is 4.68 Å². The van der Waals surface area contributed by atoms with Crippen LogP contribution in [0.2, 0.25) is 0 Å². The molecule has 0 aliphatic heterocycles. The number of aromatic amines is 1. The molecule has 1 amide bonds. The van der Waals surface area contributed by atoms with Crippen molar-refractivity contribution < 1.29 is 4.79 Å². The number of nitrogens with one attached hydrogen (secondary N) is 2. The normalized spacial score (nSPS) is 17.2. The van der Waals surface area contributed by atoms with Crippen LogP contribution in [-0.4, -0.2) is 31.1 Å². The maximum absolute atomic E-state index is 13.3. The molecule has 7 heteroatoms. The van der Waals surface area contributed by atoms with Gasteiger partial charge in [0.1, 0.15) is 6.33 Å². The first-order valence-electron chi connectivity index (χ1n) is 9.48. The molecule has 0 spiro atoms. The molecule has 1 aliphatic rings. The summed E-state index contributed by atoms with van der Waals surface area (Å²) in [6.45, 7) is 0. The second-order valence-electron chi connectivity index (χ2n) is 7.12. The van der Waals surface area contributed by atoms with Crippen LogP contribution in [0.4, 0.5) is 0 Å². The van der Waals surface area contributed by atoms with Crippen molar-refractivity contribution in [1.82, 2.24) is 30.5 Å². The first-order valence-corrected chi connectivity index (χ1v) is 9.48. The third-order valence-electron chi connectivity index (χ3n) is 5.42. The van der Waals surface area contributed by atoms with Gasteiger partial charge in [0.2, 0.25) is 5.91 Å². The Morgan fingerprint density at radius 2 is 1.96 bits per heavy atom. The van der Waals surface area contributed by atoms with Gasteiger partial charge in [-0.15, -0.1) is 5.10 Å². The molecule has 1 unspecified atom stereocenters. The van der Waals surface area contributed by atoms with Crippen molar-refractivity contribution in [2.75, 3.05) is 0 Å². The first kappa shape index (κ1) is 16.7. The molecule has 5 rings (SSSR count). The highest BCUT2D eigenvalue weighted by Gasteiger charge is 2.30. The monoisotopic (exact) mass is 372 g/mol. The van der Waals surface area contributed by atoms with Gasteiger partial charge in [-0.3, -0.25) is 4.79 Å². The number of nitrogens with zero attached hydrogens (tertiary/aromatic N) is 4. The van der Waals surface area contributed by atoms with Gasteiger partial charge in [0.05, 0.1) is 6.04 Å². The van der Waals surface area contributed by atoms with Crippen LogP contribution in [-0.2, 0) is 11.2 Å². The summed E-state index contributed by atoms with van der Waals surface area (Å²) in [6.07, 6.45) is 4.46. The number of H-pyrrole nitrogens is 1. The zero-order valence-electron chi connectivity index (χ0n) is 15.2. The van der Waals surface area contributed by atoms with Crippen molar-refractivity contribution in [2.45, 2.75) is 31.3 Å². The number of tetrazole rings is 1. The van der Waals surface area contributed by atoms with Crippen LogP contribution in [0.5, 0.6) is 0 Å². The van der Waals surface area contributed by atoms with Crippen molar-refractivity contribution in [3.05, 3.63) is 77.7 Å². The fourth-order valence-electron chi connectivity index (χ4n) is 4.16. The highest BCUT2D eigenvalue weighted by molar-refractivity contribution is 5.87. The number of amides is 1. The number of rotatable bonds is 4. The average molecular weight is 372 g/mol. The van der Waals surface area contributed by atoms with E-state index in [9.17, 15) is 4.79 Å². The molecule has 0 fully saturated rings. The minimum Gasteiger partial charge on any atom is -0.356 e. The van der Waals surface area contributed by atoms with Crippen molar-refractivity contribution >= 4 is 16.8 Å². The Bertz CT molecular complexity index is 1100. The van der Waals surface area contributed by atoms with Crippen LogP contribution in [0, 0.1) is 0 Å². The van der Waals surface area contributed by atoms with Crippen molar-refractivity contribution in [3.63, 3.8) is 0 Å². The van der Waals surface area contributed by atoms with Gasteiger partial charge < -0.3 is 10.3 Å². The Labute approximate surface area is 161 Å². The number of carbonyl (C=O) groups excluding carboxylic acids is 1. The number of fused-ring (bicyclic) bond motifs is 3. The topological polar surface area (TPSA) is 88.5 Å². The number of benzene rings is 2. The van der Waals surface area contributed by atoms with Crippen molar-refractivity contribution in [2.24, 2.45) is 0 Å². The number of hydrogen-bond acceptors (Lipinski definition) is 4. The Hall–Kier alpha value is -3.48. The van der Waals surface area contributed by atoms with E-state index in [0.717, 1.165) is 36.0 Å². The van der Waals surface area contributed by atoms with Gasteiger partial charge in [0, 0.05) is 16.6 Å². The molecule has 7 nitrogen and oxygen atoms in total. The van der Waals surface area contributed by atoms with Crippen LogP contribution in [0.25, 0.3) is 10.9 Å². The molecule has 0 saturated carbocycles.